The molecule has 0 aromatic rings. The summed E-state index contributed by atoms with van der Waals surface area (Å²) in [5, 5.41) is 0. The summed E-state index contributed by atoms with van der Waals surface area (Å²) in [6, 6.07) is 1.97. The highest BCUT2D eigenvalue weighted by Crippen LogP contribution is 2.29. The fourth-order valence-corrected chi connectivity index (χ4v) is 4.43. The van der Waals surface area contributed by atoms with Crippen molar-refractivity contribution in [1.29, 1.82) is 0 Å². The van der Waals surface area contributed by atoms with Crippen molar-refractivity contribution in [1.82, 2.24) is 0 Å². The van der Waals surface area contributed by atoms with E-state index in [1.165, 1.54) is 0 Å². The fraction of sp³-hybridized carbons (Fsp3) is 0.600. The molecule has 3 heteroatoms. The van der Waals surface area contributed by atoms with Crippen molar-refractivity contribution in [3.05, 3.63) is 25.3 Å². The number of unbranched alkanes of at least 4 members (excludes halogenated alkanes) is 2. The second-order valence-corrected chi connectivity index (χ2v) is 10.9. The maximum atomic E-state index is 6.24. The first-order valence-electron chi connectivity index (χ1n) is 4.72. The third-order valence-corrected chi connectivity index (χ3v) is 6.34. The summed E-state index contributed by atoms with van der Waals surface area (Å²) in [4.78, 5) is 0. The summed E-state index contributed by atoms with van der Waals surface area (Å²) in [6.45, 7) is 5.41. The fourth-order valence-electron chi connectivity index (χ4n) is 1.14. The Bertz CT molecular complexity index is 139. The highest BCUT2D eigenvalue weighted by atomic mass is 35.7. The van der Waals surface area contributed by atoms with Gasteiger partial charge < -0.3 is 0 Å². The highest BCUT2D eigenvalue weighted by molar-refractivity contribution is 7.45. The molecule has 13 heavy (non-hydrogen) atoms. The van der Waals surface area contributed by atoms with E-state index in [2.05, 4.69) is 13.2 Å². The van der Waals surface area contributed by atoms with Gasteiger partial charge in [-0.1, -0.05) is 12.2 Å². The van der Waals surface area contributed by atoms with Crippen LogP contribution in [0.4, 0.5) is 0 Å². The second kappa shape index (κ2) is 7.66. The molecule has 0 rings (SSSR count). The van der Waals surface area contributed by atoms with Crippen LogP contribution in [0.15, 0.2) is 25.3 Å². The standard InChI is InChI=1S/C10H18Cl2Si/c1-3-5-7-9-13(11,12)10-8-6-4-2/h3-4H,1-2,5-10H2. The summed E-state index contributed by atoms with van der Waals surface area (Å²) in [5.41, 5.74) is 0. The second-order valence-electron chi connectivity index (χ2n) is 3.22. The molecule has 0 aliphatic carbocycles. The third kappa shape index (κ3) is 8.60. The van der Waals surface area contributed by atoms with Gasteiger partial charge in [0.2, 0.25) is 0 Å². The predicted molar refractivity (Wildman–Crippen MR) is 65.9 cm³/mol. The van der Waals surface area contributed by atoms with Crippen LogP contribution in [0, 0.1) is 0 Å². The van der Waals surface area contributed by atoms with Gasteiger partial charge in [-0.25, -0.2) is 0 Å². The molecule has 0 nitrogen and oxygen atoms in total. The highest BCUT2D eigenvalue weighted by Gasteiger charge is 2.26. The molecular weight excluding hydrogens is 219 g/mol. The number of hydrogen-bond donors (Lipinski definition) is 0. The normalized spacial score (nSPS) is 11.2. The van der Waals surface area contributed by atoms with Crippen LogP contribution >= 0.6 is 22.2 Å². The molecule has 0 bridgehead atoms. The van der Waals surface area contributed by atoms with E-state index in [0.29, 0.717) is 0 Å². The Balaban J connectivity index is 3.52. The Labute approximate surface area is 92.0 Å². The number of rotatable bonds is 8. The molecule has 0 saturated carbocycles. The summed E-state index contributed by atoms with van der Waals surface area (Å²) >= 11 is 12.5. The van der Waals surface area contributed by atoms with E-state index in [4.69, 9.17) is 22.2 Å². The van der Waals surface area contributed by atoms with Crippen LogP contribution in [0.2, 0.25) is 12.1 Å². The molecule has 0 radical (unpaired) electrons. The Morgan fingerprint density at radius 1 is 0.923 bits per heavy atom. The molecular formula is C10H18Cl2Si. The van der Waals surface area contributed by atoms with Gasteiger partial charge >= 0.3 is 0 Å². The molecule has 0 aromatic carbocycles. The van der Waals surface area contributed by atoms with Crippen LogP contribution in [0.25, 0.3) is 0 Å². The average molecular weight is 237 g/mol. The van der Waals surface area contributed by atoms with Gasteiger partial charge in [-0.15, -0.1) is 35.3 Å². The molecule has 0 saturated heterocycles. The van der Waals surface area contributed by atoms with Crippen LogP contribution in [0.5, 0.6) is 0 Å². The van der Waals surface area contributed by atoms with Gasteiger partial charge in [0.25, 0.3) is 6.69 Å². The van der Waals surface area contributed by atoms with Gasteiger partial charge in [-0.3, -0.25) is 0 Å². The lowest BCUT2D eigenvalue weighted by atomic mass is 10.3. The Morgan fingerprint density at radius 2 is 1.31 bits per heavy atom. The minimum Gasteiger partial charge on any atom is -0.146 e. The largest absolute Gasteiger partial charge is 0.251 e. The zero-order chi connectivity index (χ0) is 10.2. The summed E-state index contributed by atoms with van der Waals surface area (Å²) in [6.07, 6.45) is 8.04. The summed E-state index contributed by atoms with van der Waals surface area (Å²) in [7, 11) is 0. The SMILES string of the molecule is C=CCCC[Si](Cl)(Cl)CCCC=C. The maximum absolute atomic E-state index is 6.24. The van der Waals surface area contributed by atoms with Gasteiger partial charge in [0, 0.05) is 0 Å². The summed E-state index contributed by atoms with van der Waals surface area (Å²) < 4.78 is 0. The van der Waals surface area contributed by atoms with Crippen molar-refractivity contribution in [3.8, 4) is 0 Å². The smallest absolute Gasteiger partial charge is 0.146 e. The van der Waals surface area contributed by atoms with E-state index in [1.807, 2.05) is 12.2 Å². The quantitative estimate of drug-likeness (QED) is 0.245. The van der Waals surface area contributed by atoms with Crippen molar-refractivity contribution >= 4 is 28.9 Å². The molecule has 0 aliphatic heterocycles. The Morgan fingerprint density at radius 3 is 1.62 bits per heavy atom. The van der Waals surface area contributed by atoms with Crippen molar-refractivity contribution in [2.45, 2.75) is 37.8 Å². The Kier molecular flexibility index (Phi) is 7.82. The lowest BCUT2D eigenvalue weighted by molar-refractivity contribution is 0.908. The van der Waals surface area contributed by atoms with Gasteiger partial charge in [0.1, 0.15) is 0 Å². The number of allylic oxidation sites excluding steroid dienone is 2. The first-order valence-corrected chi connectivity index (χ1v) is 9.16. The Hall–Kier alpha value is 0.277. The average Bonchev–Trinajstić information content (AvgIpc) is 2.05. The molecule has 0 amide bonds. The molecule has 0 atom stereocenters. The van der Waals surface area contributed by atoms with E-state index in [9.17, 15) is 0 Å². The van der Waals surface area contributed by atoms with E-state index in [0.717, 1.165) is 37.8 Å². The van der Waals surface area contributed by atoms with Crippen LogP contribution < -0.4 is 0 Å². The third-order valence-electron chi connectivity index (χ3n) is 1.90. The number of halogens is 2. The molecule has 0 aliphatic rings. The van der Waals surface area contributed by atoms with Gasteiger partial charge in [0.05, 0.1) is 0 Å². The van der Waals surface area contributed by atoms with E-state index >= 15 is 0 Å². The molecule has 0 spiro atoms. The molecule has 0 N–H and O–H groups in total. The van der Waals surface area contributed by atoms with Gasteiger partial charge in [-0.2, -0.15) is 0 Å². The van der Waals surface area contributed by atoms with Crippen molar-refractivity contribution < 1.29 is 0 Å². The zero-order valence-electron chi connectivity index (χ0n) is 8.07. The van der Waals surface area contributed by atoms with Gasteiger partial charge in [-0.05, 0) is 37.8 Å². The molecule has 0 heterocycles. The van der Waals surface area contributed by atoms with Gasteiger partial charge in [0.15, 0.2) is 0 Å². The molecule has 76 valence electrons. The van der Waals surface area contributed by atoms with Crippen molar-refractivity contribution in [2.24, 2.45) is 0 Å². The number of hydrogen-bond acceptors (Lipinski definition) is 0. The zero-order valence-corrected chi connectivity index (χ0v) is 10.6. The minimum atomic E-state index is -1.93. The van der Waals surface area contributed by atoms with Crippen molar-refractivity contribution in [2.75, 3.05) is 0 Å². The minimum absolute atomic E-state index is 0.985. The summed E-state index contributed by atoms with van der Waals surface area (Å²) in [5.74, 6) is 0. The van der Waals surface area contributed by atoms with Crippen LogP contribution in [-0.4, -0.2) is 6.69 Å². The first-order chi connectivity index (χ1) is 6.12. The topological polar surface area (TPSA) is 0 Å². The molecule has 0 aromatic heterocycles. The lowest BCUT2D eigenvalue weighted by Crippen LogP contribution is -2.17. The van der Waals surface area contributed by atoms with Crippen LogP contribution in [0.1, 0.15) is 25.7 Å². The maximum Gasteiger partial charge on any atom is 0.251 e. The predicted octanol–water partition coefficient (Wildman–Crippen LogP) is 4.84. The van der Waals surface area contributed by atoms with E-state index < -0.39 is 6.69 Å². The molecule has 0 unspecified atom stereocenters. The molecule has 0 fully saturated rings. The first kappa shape index (κ1) is 13.3. The van der Waals surface area contributed by atoms with E-state index in [-0.39, 0.29) is 0 Å². The van der Waals surface area contributed by atoms with Crippen LogP contribution in [0.3, 0.4) is 0 Å². The van der Waals surface area contributed by atoms with E-state index in [1.54, 1.807) is 0 Å². The van der Waals surface area contributed by atoms with Crippen LogP contribution in [-0.2, 0) is 0 Å². The monoisotopic (exact) mass is 236 g/mol. The van der Waals surface area contributed by atoms with Crippen molar-refractivity contribution in [3.63, 3.8) is 0 Å². The lowest BCUT2D eigenvalue weighted by Gasteiger charge is -2.15.